The highest BCUT2D eigenvalue weighted by Gasteiger charge is 2.21. The molecule has 144 valence electrons. The van der Waals surface area contributed by atoms with Gasteiger partial charge in [0.2, 0.25) is 5.91 Å². The number of rotatable bonds is 6. The lowest BCUT2D eigenvalue weighted by Gasteiger charge is -2.29. The van der Waals surface area contributed by atoms with Crippen molar-refractivity contribution >= 4 is 45.0 Å². The Kier molecular flexibility index (Phi) is 7.83. The first kappa shape index (κ1) is 21.1. The van der Waals surface area contributed by atoms with E-state index in [4.69, 9.17) is 9.72 Å². The molecule has 3 rings (SSSR count). The lowest BCUT2D eigenvalue weighted by Crippen LogP contribution is -2.43. The summed E-state index contributed by atoms with van der Waals surface area (Å²) in [7, 11) is 0. The third kappa shape index (κ3) is 4.74. The number of hydrogen-bond acceptors (Lipinski definition) is 5. The number of anilines is 1. The Hall–Kier alpha value is -1.21. The van der Waals surface area contributed by atoms with Crippen LogP contribution < -0.4 is 4.90 Å². The zero-order valence-corrected chi connectivity index (χ0v) is 17.4. The number of halogens is 1. The van der Waals surface area contributed by atoms with Gasteiger partial charge in [-0.1, -0.05) is 24.3 Å². The van der Waals surface area contributed by atoms with E-state index < -0.39 is 0 Å². The molecule has 7 heteroatoms. The van der Waals surface area contributed by atoms with Crippen LogP contribution in [0, 0.1) is 13.8 Å². The second-order valence-corrected chi connectivity index (χ2v) is 7.61. The van der Waals surface area contributed by atoms with Gasteiger partial charge in [-0.3, -0.25) is 14.6 Å². The van der Waals surface area contributed by atoms with Crippen molar-refractivity contribution in [1.82, 2.24) is 9.88 Å². The molecular formula is C19H28ClN3O2S. The van der Waals surface area contributed by atoms with Gasteiger partial charge < -0.3 is 4.74 Å². The van der Waals surface area contributed by atoms with Gasteiger partial charge >= 0.3 is 0 Å². The normalized spacial score (nSPS) is 15.0. The molecule has 0 saturated carbocycles. The first-order chi connectivity index (χ1) is 12.1. The van der Waals surface area contributed by atoms with Gasteiger partial charge in [0.15, 0.2) is 5.13 Å². The first-order valence-corrected chi connectivity index (χ1v) is 9.89. The van der Waals surface area contributed by atoms with Gasteiger partial charge in [-0.2, -0.15) is 0 Å². The summed E-state index contributed by atoms with van der Waals surface area (Å²) >= 11 is 1.62. The summed E-state index contributed by atoms with van der Waals surface area (Å²) < 4.78 is 6.56. The van der Waals surface area contributed by atoms with E-state index in [-0.39, 0.29) is 18.3 Å². The zero-order valence-electron chi connectivity index (χ0n) is 15.8. The van der Waals surface area contributed by atoms with Gasteiger partial charge in [0.25, 0.3) is 0 Å². The highest BCUT2D eigenvalue weighted by Crippen LogP contribution is 2.32. The topological polar surface area (TPSA) is 45.7 Å². The van der Waals surface area contributed by atoms with E-state index in [1.165, 1.54) is 11.1 Å². The number of ether oxygens (including phenoxy) is 1. The molecule has 2 heterocycles. The predicted molar refractivity (Wildman–Crippen MR) is 111 cm³/mol. The molecule has 0 aliphatic carbocycles. The largest absolute Gasteiger partial charge is 0.379 e. The number of carbonyl (C=O) groups excluding carboxylic acids is 1. The fourth-order valence-corrected chi connectivity index (χ4v) is 4.14. The van der Waals surface area contributed by atoms with E-state index in [2.05, 4.69) is 30.9 Å². The zero-order chi connectivity index (χ0) is 17.8. The van der Waals surface area contributed by atoms with Crippen LogP contribution in [0.2, 0.25) is 0 Å². The van der Waals surface area contributed by atoms with Crippen molar-refractivity contribution in [1.29, 1.82) is 0 Å². The number of thiazole rings is 1. The van der Waals surface area contributed by atoms with Gasteiger partial charge in [0.05, 0.1) is 23.4 Å². The number of hydrogen-bond donors (Lipinski definition) is 0. The summed E-state index contributed by atoms with van der Waals surface area (Å²) in [5.41, 5.74) is 3.47. The van der Waals surface area contributed by atoms with E-state index >= 15 is 0 Å². The van der Waals surface area contributed by atoms with Crippen molar-refractivity contribution in [3.8, 4) is 0 Å². The number of morpholine rings is 1. The number of nitrogens with zero attached hydrogens (tertiary/aromatic N) is 3. The minimum absolute atomic E-state index is 0. The fraction of sp³-hybridized carbons (Fsp3) is 0.579. The van der Waals surface area contributed by atoms with Crippen LogP contribution in [0.25, 0.3) is 10.2 Å². The van der Waals surface area contributed by atoms with Crippen molar-refractivity contribution in [3.63, 3.8) is 0 Å². The van der Waals surface area contributed by atoms with Crippen LogP contribution in [0.4, 0.5) is 5.13 Å². The molecule has 0 radical (unpaired) electrons. The molecule has 0 unspecified atom stereocenters. The Bertz CT molecular complexity index is 744. The lowest BCUT2D eigenvalue weighted by atomic mass is 10.1. The number of aromatic nitrogens is 1. The van der Waals surface area contributed by atoms with Gasteiger partial charge in [0, 0.05) is 32.6 Å². The first-order valence-electron chi connectivity index (χ1n) is 9.07. The maximum atomic E-state index is 12.7. The minimum Gasteiger partial charge on any atom is -0.379 e. The van der Waals surface area contributed by atoms with E-state index in [0.717, 1.165) is 54.6 Å². The Balaban J connectivity index is 0.00000243. The van der Waals surface area contributed by atoms with Crippen LogP contribution in [0.15, 0.2) is 12.1 Å². The Morgan fingerprint density at radius 2 is 2.04 bits per heavy atom. The molecule has 1 aromatic heterocycles. The van der Waals surface area contributed by atoms with Crippen molar-refractivity contribution in [2.45, 2.75) is 33.6 Å². The van der Waals surface area contributed by atoms with E-state index in [0.29, 0.717) is 13.0 Å². The SMILES string of the molecule is CCCC(=O)N(CCN1CCOCC1)c1nc2c(C)c(C)ccc2s1.Cl. The molecule has 2 aromatic rings. The third-order valence-electron chi connectivity index (χ3n) is 4.81. The molecule has 0 atom stereocenters. The molecular weight excluding hydrogens is 370 g/mol. The highest BCUT2D eigenvalue weighted by molar-refractivity contribution is 7.22. The number of amides is 1. The molecule has 5 nitrogen and oxygen atoms in total. The maximum absolute atomic E-state index is 12.7. The fourth-order valence-electron chi connectivity index (χ4n) is 3.07. The van der Waals surface area contributed by atoms with Crippen molar-refractivity contribution in [3.05, 3.63) is 23.3 Å². The molecule has 0 spiro atoms. The van der Waals surface area contributed by atoms with E-state index in [9.17, 15) is 4.79 Å². The molecule has 1 aliphatic heterocycles. The van der Waals surface area contributed by atoms with E-state index in [1.54, 1.807) is 11.3 Å². The average Bonchev–Trinajstić information content (AvgIpc) is 3.04. The van der Waals surface area contributed by atoms with Gasteiger partial charge in [-0.15, -0.1) is 12.4 Å². The summed E-state index contributed by atoms with van der Waals surface area (Å²) in [6.07, 6.45) is 1.42. The Labute approximate surface area is 165 Å². The lowest BCUT2D eigenvalue weighted by molar-refractivity contribution is -0.118. The van der Waals surface area contributed by atoms with Crippen molar-refractivity contribution in [2.75, 3.05) is 44.3 Å². The maximum Gasteiger partial charge on any atom is 0.228 e. The third-order valence-corrected chi connectivity index (χ3v) is 5.86. The van der Waals surface area contributed by atoms with E-state index in [1.807, 2.05) is 11.8 Å². The van der Waals surface area contributed by atoms with Crippen LogP contribution in [-0.4, -0.2) is 55.2 Å². The van der Waals surface area contributed by atoms with Crippen molar-refractivity contribution in [2.24, 2.45) is 0 Å². The molecule has 26 heavy (non-hydrogen) atoms. The molecule has 0 N–H and O–H groups in total. The Morgan fingerprint density at radius 3 is 2.73 bits per heavy atom. The smallest absolute Gasteiger partial charge is 0.228 e. The summed E-state index contributed by atoms with van der Waals surface area (Å²) in [6, 6.07) is 4.24. The Morgan fingerprint density at radius 1 is 1.31 bits per heavy atom. The summed E-state index contributed by atoms with van der Waals surface area (Å²) in [6.45, 7) is 11.2. The van der Waals surface area contributed by atoms with Crippen molar-refractivity contribution < 1.29 is 9.53 Å². The highest BCUT2D eigenvalue weighted by atomic mass is 35.5. The molecule has 1 aliphatic rings. The summed E-state index contributed by atoms with van der Waals surface area (Å²) in [5, 5.41) is 0.829. The average molecular weight is 398 g/mol. The van der Waals surface area contributed by atoms with Gasteiger partial charge in [-0.05, 0) is 37.5 Å². The van der Waals surface area contributed by atoms with Gasteiger partial charge in [-0.25, -0.2) is 4.98 Å². The molecule has 1 amide bonds. The van der Waals surface area contributed by atoms with Crippen LogP contribution in [0.1, 0.15) is 30.9 Å². The number of aryl methyl sites for hydroxylation is 2. The quantitative estimate of drug-likeness (QED) is 0.743. The molecule has 0 bridgehead atoms. The number of benzene rings is 1. The summed E-state index contributed by atoms with van der Waals surface area (Å²) in [5.74, 6) is 0.171. The standard InChI is InChI=1S/C19H27N3O2S.ClH/c1-4-5-17(23)22(9-8-21-10-12-24-13-11-21)19-20-18-15(3)14(2)6-7-16(18)25-19;/h6-7H,4-5,8-13H2,1-3H3;1H. The second kappa shape index (κ2) is 9.65. The molecule has 1 fully saturated rings. The molecule has 1 saturated heterocycles. The van der Waals surface area contributed by atoms with Crippen LogP contribution >= 0.6 is 23.7 Å². The predicted octanol–water partition coefficient (Wildman–Crippen LogP) is 3.80. The number of carbonyl (C=O) groups is 1. The van der Waals surface area contributed by atoms with Crippen LogP contribution in [0.5, 0.6) is 0 Å². The van der Waals surface area contributed by atoms with Gasteiger partial charge in [0.1, 0.15) is 0 Å². The minimum atomic E-state index is 0. The second-order valence-electron chi connectivity index (χ2n) is 6.60. The molecule has 1 aromatic carbocycles. The van der Waals surface area contributed by atoms with Crippen LogP contribution in [0.3, 0.4) is 0 Å². The number of fused-ring (bicyclic) bond motifs is 1. The van der Waals surface area contributed by atoms with Crippen LogP contribution in [-0.2, 0) is 9.53 Å². The summed E-state index contributed by atoms with van der Waals surface area (Å²) in [4.78, 5) is 21.8. The monoisotopic (exact) mass is 397 g/mol.